The summed E-state index contributed by atoms with van der Waals surface area (Å²) in [5.74, 6) is -6.55. The van der Waals surface area contributed by atoms with Gasteiger partial charge in [-0.05, 0) is 0 Å². The average Bonchev–Trinajstić information content (AvgIpc) is 2.48. The van der Waals surface area contributed by atoms with Crippen molar-refractivity contribution in [2.75, 3.05) is 13.9 Å². The minimum absolute atomic E-state index is 0.0134. The second kappa shape index (κ2) is 6.42. The Morgan fingerprint density at radius 1 is 0.864 bits per heavy atom. The Hall–Kier alpha value is -2.64. The molecule has 0 aromatic heterocycles. The van der Waals surface area contributed by atoms with E-state index >= 15 is 0 Å². The molecule has 0 aliphatic rings. The fourth-order valence-corrected chi connectivity index (χ4v) is 1.55. The molecule has 0 saturated carbocycles. The molecule has 2 rings (SSSR count). The van der Waals surface area contributed by atoms with Crippen LogP contribution >= 0.6 is 0 Å². The van der Waals surface area contributed by atoms with Gasteiger partial charge >= 0.3 is 0 Å². The van der Waals surface area contributed by atoms with E-state index in [1.807, 2.05) is 0 Å². The van der Waals surface area contributed by atoms with Crippen molar-refractivity contribution in [1.29, 1.82) is 0 Å². The molecule has 0 heterocycles. The lowest BCUT2D eigenvalue weighted by atomic mass is 10.3. The summed E-state index contributed by atoms with van der Waals surface area (Å²) in [4.78, 5) is 0. The molecule has 0 unspecified atom stereocenters. The molecule has 0 fully saturated rings. The minimum atomic E-state index is -1.27. The Morgan fingerprint density at radius 2 is 1.55 bits per heavy atom. The second-order valence-corrected chi connectivity index (χ2v) is 4.06. The lowest BCUT2D eigenvalue weighted by molar-refractivity contribution is 0.109. The molecule has 0 atom stereocenters. The molecule has 2 aromatic carbocycles. The number of benzene rings is 2. The Morgan fingerprint density at radius 3 is 2.23 bits per heavy atom. The number of methoxy groups -OCH3 is 1. The summed E-state index contributed by atoms with van der Waals surface area (Å²) in [5, 5.41) is 9.10. The van der Waals surface area contributed by atoms with E-state index in [9.17, 15) is 17.6 Å². The third-order valence-electron chi connectivity index (χ3n) is 2.63. The predicted octanol–water partition coefficient (Wildman–Crippen LogP) is 3.37. The van der Waals surface area contributed by atoms with Crippen molar-refractivity contribution in [3.63, 3.8) is 0 Å². The van der Waals surface area contributed by atoms with E-state index in [0.29, 0.717) is 12.1 Å². The number of phenolic OH excluding ortho intramolecular Hbond substituents is 1. The molecule has 0 saturated heterocycles. The lowest BCUT2D eigenvalue weighted by Crippen LogP contribution is -2.08. The van der Waals surface area contributed by atoms with E-state index in [0.717, 1.165) is 12.1 Å². The number of ether oxygens (including phenoxy) is 3. The van der Waals surface area contributed by atoms with Crippen LogP contribution in [0.15, 0.2) is 24.3 Å². The highest BCUT2D eigenvalue weighted by Crippen LogP contribution is 2.28. The van der Waals surface area contributed by atoms with Gasteiger partial charge in [-0.25, -0.2) is 13.2 Å². The maximum absolute atomic E-state index is 13.5. The zero-order valence-corrected chi connectivity index (χ0v) is 11.2. The first-order valence-corrected chi connectivity index (χ1v) is 5.89. The highest BCUT2D eigenvalue weighted by molar-refractivity contribution is 5.36. The number of aromatic hydroxyl groups is 1. The SMILES string of the molecule is COc1cc(F)c(F)c(OCOc2cc(O)c(F)cc2F)c1. The van der Waals surface area contributed by atoms with Crippen LogP contribution in [0.5, 0.6) is 23.0 Å². The molecule has 8 heteroatoms. The van der Waals surface area contributed by atoms with Gasteiger partial charge in [0, 0.05) is 24.3 Å². The zero-order chi connectivity index (χ0) is 16.3. The van der Waals surface area contributed by atoms with Crippen LogP contribution in [-0.4, -0.2) is 19.0 Å². The van der Waals surface area contributed by atoms with Crippen LogP contribution in [0.1, 0.15) is 0 Å². The fraction of sp³-hybridized carbons (Fsp3) is 0.143. The van der Waals surface area contributed by atoms with Crippen LogP contribution in [0, 0.1) is 23.3 Å². The van der Waals surface area contributed by atoms with Gasteiger partial charge in [0.2, 0.25) is 12.6 Å². The van der Waals surface area contributed by atoms with Crippen LogP contribution in [0.2, 0.25) is 0 Å². The molecule has 0 amide bonds. The fourth-order valence-electron chi connectivity index (χ4n) is 1.55. The summed E-state index contributed by atoms with van der Waals surface area (Å²) in [6.07, 6.45) is 0. The van der Waals surface area contributed by atoms with E-state index in [1.165, 1.54) is 7.11 Å². The van der Waals surface area contributed by atoms with Gasteiger partial charge in [-0.3, -0.25) is 0 Å². The molecule has 4 nitrogen and oxygen atoms in total. The standard InChI is InChI=1S/C14H10F4O4/c1-20-7-2-10(17)14(18)13(3-7)22-6-21-12-5-11(19)8(15)4-9(12)16/h2-5,19H,6H2,1H3. The number of hydrogen-bond acceptors (Lipinski definition) is 4. The van der Waals surface area contributed by atoms with Crippen LogP contribution < -0.4 is 14.2 Å². The molecular formula is C14H10F4O4. The van der Waals surface area contributed by atoms with Crippen molar-refractivity contribution in [3.8, 4) is 23.0 Å². The van der Waals surface area contributed by atoms with Crippen molar-refractivity contribution in [2.45, 2.75) is 0 Å². The monoisotopic (exact) mass is 318 g/mol. The van der Waals surface area contributed by atoms with E-state index in [1.54, 1.807) is 0 Å². The van der Waals surface area contributed by atoms with Gasteiger partial charge in [0.15, 0.2) is 34.7 Å². The zero-order valence-electron chi connectivity index (χ0n) is 11.2. The smallest absolute Gasteiger partial charge is 0.231 e. The van der Waals surface area contributed by atoms with Crippen molar-refractivity contribution in [2.24, 2.45) is 0 Å². The normalized spacial score (nSPS) is 10.4. The molecule has 2 aromatic rings. The number of rotatable bonds is 5. The summed E-state index contributed by atoms with van der Waals surface area (Å²) >= 11 is 0. The predicted molar refractivity (Wildman–Crippen MR) is 67.1 cm³/mol. The molecule has 0 aliphatic carbocycles. The maximum Gasteiger partial charge on any atom is 0.231 e. The van der Waals surface area contributed by atoms with Gasteiger partial charge in [-0.15, -0.1) is 0 Å². The molecular weight excluding hydrogens is 308 g/mol. The lowest BCUT2D eigenvalue weighted by Gasteiger charge is -2.11. The van der Waals surface area contributed by atoms with E-state index in [4.69, 9.17) is 19.3 Å². The van der Waals surface area contributed by atoms with Crippen LogP contribution in [-0.2, 0) is 0 Å². The van der Waals surface area contributed by atoms with Crippen molar-refractivity contribution in [3.05, 3.63) is 47.5 Å². The van der Waals surface area contributed by atoms with Gasteiger partial charge in [-0.1, -0.05) is 0 Å². The summed E-state index contributed by atoms with van der Waals surface area (Å²) in [7, 11) is 1.25. The third kappa shape index (κ3) is 3.33. The van der Waals surface area contributed by atoms with Gasteiger partial charge in [0.1, 0.15) is 5.75 Å². The van der Waals surface area contributed by atoms with Gasteiger partial charge in [0.05, 0.1) is 7.11 Å². The molecule has 0 bridgehead atoms. The first-order chi connectivity index (χ1) is 10.4. The van der Waals surface area contributed by atoms with Crippen LogP contribution in [0.25, 0.3) is 0 Å². The first kappa shape index (κ1) is 15.7. The summed E-state index contributed by atoms with van der Waals surface area (Å²) in [5.41, 5.74) is 0. The summed E-state index contributed by atoms with van der Waals surface area (Å²) in [6.45, 7) is -0.703. The van der Waals surface area contributed by atoms with Crippen molar-refractivity contribution >= 4 is 0 Å². The molecule has 22 heavy (non-hydrogen) atoms. The van der Waals surface area contributed by atoms with E-state index in [2.05, 4.69) is 0 Å². The molecule has 0 aliphatic heterocycles. The Kier molecular flexibility index (Phi) is 4.59. The number of phenols is 1. The van der Waals surface area contributed by atoms with Crippen molar-refractivity contribution in [1.82, 2.24) is 0 Å². The average molecular weight is 318 g/mol. The Labute approximate surface area is 122 Å². The third-order valence-corrected chi connectivity index (χ3v) is 2.63. The number of halogens is 4. The molecule has 1 N–H and O–H groups in total. The Bertz CT molecular complexity index is 691. The summed E-state index contributed by atoms with van der Waals surface area (Å²) < 4.78 is 67.2. The van der Waals surface area contributed by atoms with Crippen molar-refractivity contribution < 1.29 is 36.9 Å². The number of hydrogen-bond donors (Lipinski definition) is 1. The topological polar surface area (TPSA) is 47.9 Å². The van der Waals surface area contributed by atoms with Gasteiger partial charge in [-0.2, -0.15) is 4.39 Å². The van der Waals surface area contributed by atoms with Crippen LogP contribution in [0.4, 0.5) is 17.6 Å². The molecule has 0 spiro atoms. The van der Waals surface area contributed by atoms with E-state index in [-0.39, 0.29) is 5.75 Å². The van der Waals surface area contributed by atoms with E-state index < -0.39 is 47.3 Å². The van der Waals surface area contributed by atoms with Crippen LogP contribution in [0.3, 0.4) is 0 Å². The Balaban J connectivity index is 2.08. The quantitative estimate of drug-likeness (QED) is 0.678. The highest BCUT2D eigenvalue weighted by Gasteiger charge is 2.14. The second-order valence-electron chi connectivity index (χ2n) is 4.06. The molecule has 118 valence electrons. The van der Waals surface area contributed by atoms with Gasteiger partial charge in [0.25, 0.3) is 0 Å². The molecule has 0 radical (unpaired) electrons. The minimum Gasteiger partial charge on any atom is -0.505 e. The van der Waals surface area contributed by atoms with Gasteiger partial charge < -0.3 is 19.3 Å². The maximum atomic E-state index is 13.5. The highest BCUT2D eigenvalue weighted by atomic mass is 19.2. The first-order valence-electron chi connectivity index (χ1n) is 5.89. The summed E-state index contributed by atoms with van der Waals surface area (Å²) in [6, 6.07) is 2.99. The largest absolute Gasteiger partial charge is 0.505 e.